The van der Waals surface area contributed by atoms with Gasteiger partial charge in [-0.25, -0.2) is 4.79 Å². The van der Waals surface area contributed by atoms with Gasteiger partial charge in [-0.05, 0) is 12.8 Å². The molecule has 0 bridgehead atoms. The Bertz CT molecular complexity index is 447. The van der Waals surface area contributed by atoms with Crippen LogP contribution in [-0.2, 0) is 9.59 Å². The molecule has 110 valence electrons. The zero-order valence-corrected chi connectivity index (χ0v) is 10.9. The van der Waals surface area contributed by atoms with Crippen LogP contribution in [0, 0.1) is 11.3 Å². The van der Waals surface area contributed by atoms with Crippen LogP contribution in [0.15, 0.2) is 0 Å². The smallest absolute Gasteiger partial charge is 0.323 e. The molecule has 0 aromatic rings. The summed E-state index contributed by atoms with van der Waals surface area (Å²) in [5.74, 6) is -1.76. The van der Waals surface area contributed by atoms with Gasteiger partial charge in [-0.3, -0.25) is 14.5 Å². The molecule has 5 N–H and O–H groups in total. The monoisotopic (exact) mass is 283 g/mol. The predicted octanol–water partition coefficient (Wildman–Crippen LogP) is -1.71. The van der Waals surface area contributed by atoms with E-state index in [4.69, 9.17) is 21.8 Å². The lowest BCUT2D eigenvalue weighted by molar-refractivity contribution is -0.138. The molecule has 0 saturated carbocycles. The normalized spacial score (nSPS) is 22.8. The molecule has 0 unspecified atom stereocenters. The second-order valence-corrected chi connectivity index (χ2v) is 4.63. The highest BCUT2D eigenvalue weighted by Crippen LogP contribution is 2.20. The third kappa shape index (κ3) is 4.10. The van der Waals surface area contributed by atoms with Crippen molar-refractivity contribution in [2.24, 2.45) is 11.5 Å². The van der Waals surface area contributed by atoms with Crippen LogP contribution in [0.1, 0.15) is 12.8 Å². The average molecular weight is 283 g/mol. The number of rotatable bonds is 5. The van der Waals surface area contributed by atoms with Crippen molar-refractivity contribution >= 4 is 17.9 Å². The number of amides is 3. The quantitative estimate of drug-likeness (QED) is 0.546. The van der Waals surface area contributed by atoms with E-state index in [1.807, 2.05) is 0 Å². The maximum absolute atomic E-state index is 11.3. The largest absolute Gasteiger partial charge is 0.480 e. The lowest BCUT2D eigenvalue weighted by atomic mass is 9.98. The van der Waals surface area contributed by atoms with Gasteiger partial charge in [-0.2, -0.15) is 5.26 Å². The third-order valence-corrected chi connectivity index (χ3v) is 3.20. The summed E-state index contributed by atoms with van der Waals surface area (Å²) in [7, 11) is 0. The van der Waals surface area contributed by atoms with Crippen molar-refractivity contribution in [3.8, 4) is 6.07 Å². The highest BCUT2D eigenvalue weighted by atomic mass is 16.4. The van der Waals surface area contributed by atoms with Gasteiger partial charge in [0.05, 0.1) is 18.7 Å². The molecule has 1 fully saturated rings. The lowest BCUT2D eigenvalue weighted by Crippen LogP contribution is -2.56. The molecule has 0 aromatic carbocycles. The van der Waals surface area contributed by atoms with Crippen LogP contribution in [0.5, 0.6) is 0 Å². The Balaban J connectivity index is 2.81. The predicted molar refractivity (Wildman–Crippen MR) is 67.1 cm³/mol. The topological polar surface area (TPSA) is 154 Å². The second kappa shape index (κ2) is 6.72. The number of carboxylic acid groups (broad SMARTS) is 1. The van der Waals surface area contributed by atoms with E-state index in [-0.39, 0.29) is 13.1 Å². The lowest BCUT2D eigenvalue weighted by Gasteiger charge is -2.39. The maximum Gasteiger partial charge on any atom is 0.323 e. The van der Waals surface area contributed by atoms with E-state index >= 15 is 0 Å². The number of piperidine rings is 1. The van der Waals surface area contributed by atoms with Gasteiger partial charge in [-0.1, -0.05) is 0 Å². The van der Waals surface area contributed by atoms with Crippen LogP contribution < -0.4 is 11.5 Å². The Morgan fingerprint density at radius 2 is 2.00 bits per heavy atom. The van der Waals surface area contributed by atoms with Gasteiger partial charge < -0.3 is 21.5 Å². The highest BCUT2D eigenvalue weighted by molar-refractivity contribution is 5.79. The van der Waals surface area contributed by atoms with Crippen LogP contribution in [-0.4, -0.2) is 64.5 Å². The summed E-state index contributed by atoms with van der Waals surface area (Å²) in [6.45, 7) is -0.437. The van der Waals surface area contributed by atoms with Crippen LogP contribution in [0.25, 0.3) is 0 Å². The van der Waals surface area contributed by atoms with E-state index in [0.717, 1.165) is 4.90 Å². The Morgan fingerprint density at radius 3 is 2.45 bits per heavy atom. The van der Waals surface area contributed by atoms with Crippen LogP contribution in [0.2, 0.25) is 0 Å². The van der Waals surface area contributed by atoms with Gasteiger partial charge in [0.1, 0.15) is 6.54 Å². The fraction of sp³-hybridized carbons (Fsp3) is 0.636. The Kier molecular flexibility index (Phi) is 5.28. The molecule has 1 aliphatic rings. The van der Waals surface area contributed by atoms with Crippen LogP contribution in [0.3, 0.4) is 0 Å². The highest BCUT2D eigenvalue weighted by Gasteiger charge is 2.34. The minimum Gasteiger partial charge on any atom is -0.480 e. The van der Waals surface area contributed by atoms with E-state index in [0.29, 0.717) is 12.8 Å². The molecule has 1 heterocycles. The van der Waals surface area contributed by atoms with Crippen molar-refractivity contribution in [1.29, 1.82) is 5.26 Å². The van der Waals surface area contributed by atoms with E-state index in [1.165, 1.54) is 4.90 Å². The number of hydrogen-bond donors (Lipinski definition) is 3. The summed E-state index contributed by atoms with van der Waals surface area (Å²) in [6, 6.07) is 0.290. The fourth-order valence-corrected chi connectivity index (χ4v) is 2.33. The average Bonchev–Trinajstić information content (AvgIpc) is 2.34. The van der Waals surface area contributed by atoms with Gasteiger partial charge in [0, 0.05) is 12.6 Å². The number of nitrogens with two attached hydrogens (primary N) is 2. The van der Waals surface area contributed by atoms with Gasteiger partial charge in [-0.15, -0.1) is 0 Å². The Hall–Kier alpha value is -2.34. The molecule has 0 aromatic heterocycles. The van der Waals surface area contributed by atoms with Gasteiger partial charge >= 0.3 is 12.0 Å². The molecule has 0 spiro atoms. The first-order valence-corrected chi connectivity index (χ1v) is 6.05. The Labute approximate surface area is 115 Å². The van der Waals surface area contributed by atoms with E-state index in [9.17, 15) is 14.4 Å². The van der Waals surface area contributed by atoms with Crippen molar-refractivity contribution in [3.63, 3.8) is 0 Å². The first kappa shape index (κ1) is 15.7. The molecule has 1 rings (SSSR count). The zero-order valence-electron chi connectivity index (χ0n) is 10.9. The molecule has 9 heteroatoms. The molecular weight excluding hydrogens is 266 g/mol. The van der Waals surface area contributed by atoms with Crippen molar-refractivity contribution in [2.45, 2.75) is 24.9 Å². The molecule has 0 aliphatic carbocycles. The summed E-state index contributed by atoms with van der Waals surface area (Å²) < 4.78 is 0. The number of nitrogens with zero attached hydrogens (tertiary/aromatic N) is 3. The molecule has 20 heavy (non-hydrogen) atoms. The summed E-state index contributed by atoms with van der Waals surface area (Å²) in [5, 5.41) is 17.8. The number of likely N-dealkylation sites (tertiary alicyclic amines) is 1. The van der Waals surface area contributed by atoms with Crippen molar-refractivity contribution in [1.82, 2.24) is 9.80 Å². The number of carbonyl (C=O) groups excluding carboxylic acids is 2. The SMILES string of the molecule is N#C[C@@H]1CC[C@@H](N(CC(=O)O)C(N)=O)CN1CC(N)=O. The fourth-order valence-electron chi connectivity index (χ4n) is 2.33. The maximum atomic E-state index is 11.3. The second-order valence-electron chi connectivity index (χ2n) is 4.63. The number of carboxylic acids is 1. The minimum atomic E-state index is -1.17. The summed E-state index contributed by atoms with van der Waals surface area (Å²) >= 11 is 0. The molecule has 3 amide bonds. The summed E-state index contributed by atoms with van der Waals surface area (Å²) in [4.78, 5) is 35.6. The van der Waals surface area contributed by atoms with E-state index in [1.54, 1.807) is 0 Å². The molecule has 0 radical (unpaired) electrons. The van der Waals surface area contributed by atoms with Crippen molar-refractivity contribution in [2.75, 3.05) is 19.6 Å². The van der Waals surface area contributed by atoms with Crippen LogP contribution >= 0.6 is 0 Å². The number of carbonyl (C=O) groups is 3. The van der Waals surface area contributed by atoms with E-state index < -0.39 is 36.5 Å². The van der Waals surface area contributed by atoms with Gasteiger partial charge in [0.2, 0.25) is 5.91 Å². The molecule has 2 atom stereocenters. The third-order valence-electron chi connectivity index (χ3n) is 3.20. The van der Waals surface area contributed by atoms with Crippen molar-refractivity contribution in [3.05, 3.63) is 0 Å². The number of nitriles is 1. The number of urea groups is 1. The number of hydrogen-bond acceptors (Lipinski definition) is 5. The minimum absolute atomic E-state index is 0.117. The zero-order chi connectivity index (χ0) is 15.3. The van der Waals surface area contributed by atoms with Gasteiger partial charge in [0.25, 0.3) is 0 Å². The first-order valence-electron chi connectivity index (χ1n) is 6.05. The molecular formula is C11H17N5O4. The molecule has 9 nitrogen and oxygen atoms in total. The molecule has 1 saturated heterocycles. The van der Waals surface area contributed by atoms with Crippen LogP contribution in [0.4, 0.5) is 4.79 Å². The first-order chi connectivity index (χ1) is 9.35. The standard InChI is InChI=1S/C11H17N5O4/c12-3-7-1-2-8(4-15(7)5-9(13)17)16(11(14)20)6-10(18)19/h7-8H,1-2,4-6H2,(H2,13,17)(H2,14,20)(H,18,19)/t7-,8+/m0/s1. The van der Waals surface area contributed by atoms with E-state index in [2.05, 4.69) is 6.07 Å². The van der Waals surface area contributed by atoms with Crippen molar-refractivity contribution < 1.29 is 19.5 Å². The number of aliphatic carboxylic acids is 1. The number of primary amides is 2. The Morgan fingerprint density at radius 1 is 1.35 bits per heavy atom. The summed E-state index contributed by atoms with van der Waals surface area (Å²) in [5.41, 5.74) is 10.3. The van der Waals surface area contributed by atoms with Gasteiger partial charge in [0.15, 0.2) is 0 Å². The summed E-state index contributed by atoms with van der Waals surface area (Å²) in [6.07, 6.45) is 0.863. The molecule has 1 aliphatic heterocycles.